The number of allylic oxidation sites excluding steroid dienone is 1. The molecule has 0 saturated carbocycles. The van der Waals surface area contributed by atoms with Gasteiger partial charge in [0.2, 0.25) is 11.1 Å². The van der Waals surface area contributed by atoms with Crippen LogP contribution in [0.4, 0.5) is 16.0 Å². The van der Waals surface area contributed by atoms with Crippen LogP contribution in [0.1, 0.15) is 24.1 Å². The number of hydrogen-bond acceptors (Lipinski definition) is 7. The smallest absolute Gasteiger partial charge is 0.255 e. The Bertz CT molecular complexity index is 1360. The molecule has 0 saturated heterocycles. The highest BCUT2D eigenvalue weighted by Crippen LogP contribution is 2.36. The van der Waals surface area contributed by atoms with Crippen LogP contribution in [0, 0.1) is 5.82 Å². The number of fused-ring (bicyclic) bond motifs is 1. The molecule has 1 atom stereocenters. The molecule has 1 amide bonds. The van der Waals surface area contributed by atoms with Gasteiger partial charge in [0.15, 0.2) is 0 Å². The van der Waals surface area contributed by atoms with Crippen molar-refractivity contribution in [3.05, 3.63) is 102 Å². The molecule has 1 unspecified atom stereocenters. The van der Waals surface area contributed by atoms with E-state index in [-0.39, 0.29) is 11.7 Å². The molecule has 170 valence electrons. The number of aromatic nitrogens is 5. The van der Waals surface area contributed by atoms with Gasteiger partial charge in [0.1, 0.15) is 11.9 Å². The van der Waals surface area contributed by atoms with E-state index in [1.807, 2.05) is 19.1 Å². The zero-order valence-electron chi connectivity index (χ0n) is 18.1. The highest BCUT2D eigenvalue weighted by Gasteiger charge is 2.34. The minimum atomic E-state index is -0.522. The Morgan fingerprint density at radius 1 is 1.12 bits per heavy atom. The Labute approximate surface area is 199 Å². The molecule has 0 radical (unpaired) electrons. The summed E-state index contributed by atoms with van der Waals surface area (Å²) in [6.07, 6.45) is 6.58. The fourth-order valence-corrected chi connectivity index (χ4v) is 4.55. The highest BCUT2D eigenvalue weighted by molar-refractivity contribution is 7.98. The monoisotopic (exact) mass is 473 g/mol. The van der Waals surface area contributed by atoms with E-state index in [1.54, 1.807) is 59.8 Å². The van der Waals surface area contributed by atoms with Gasteiger partial charge in [-0.2, -0.15) is 4.98 Å². The van der Waals surface area contributed by atoms with Crippen molar-refractivity contribution < 1.29 is 9.18 Å². The largest absolute Gasteiger partial charge is 0.328 e. The number of carbonyl (C=O) groups excluding carboxylic acids is 1. The third-order valence-electron chi connectivity index (χ3n) is 5.33. The summed E-state index contributed by atoms with van der Waals surface area (Å²) in [7, 11) is 0. The van der Waals surface area contributed by atoms with Crippen LogP contribution < -0.4 is 10.6 Å². The minimum Gasteiger partial charge on any atom is -0.328 e. The van der Waals surface area contributed by atoms with Crippen molar-refractivity contribution in [3.8, 4) is 0 Å². The van der Waals surface area contributed by atoms with E-state index in [4.69, 9.17) is 0 Å². The van der Waals surface area contributed by atoms with Crippen molar-refractivity contribution in [2.24, 2.45) is 0 Å². The van der Waals surface area contributed by atoms with E-state index in [1.165, 1.54) is 17.8 Å². The lowest BCUT2D eigenvalue weighted by atomic mass is 9.96. The molecule has 8 nitrogen and oxygen atoms in total. The zero-order valence-corrected chi connectivity index (χ0v) is 19.0. The van der Waals surface area contributed by atoms with Crippen LogP contribution in [0.3, 0.4) is 0 Å². The van der Waals surface area contributed by atoms with Gasteiger partial charge < -0.3 is 10.6 Å². The Hall–Kier alpha value is -4.05. The van der Waals surface area contributed by atoms with Gasteiger partial charge in [-0.15, -0.1) is 5.10 Å². The molecule has 0 spiro atoms. The summed E-state index contributed by atoms with van der Waals surface area (Å²) >= 11 is 1.33. The van der Waals surface area contributed by atoms with E-state index in [0.717, 1.165) is 5.56 Å². The van der Waals surface area contributed by atoms with Gasteiger partial charge in [-0.1, -0.05) is 30.0 Å². The number of benzene rings is 1. The number of hydrogen-bond donors (Lipinski definition) is 2. The van der Waals surface area contributed by atoms with Crippen molar-refractivity contribution in [1.82, 2.24) is 24.7 Å². The summed E-state index contributed by atoms with van der Waals surface area (Å²) in [5.74, 6) is 0.352. The molecule has 4 aromatic rings. The second-order valence-corrected chi connectivity index (χ2v) is 8.53. The lowest BCUT2D eigenvalue weighted by Crippen LogP contribution is -2.31. The van der Waals surface area contributed by atoms with Gasteiger partial charge in [-0.25, -0.2) is 9.07 Å². The second-order valence-electron chi connectivity index (χ2n) is 7.59. The molecule has 4 heterocycles. The first kappa shape index (κ1) is 21.8. The fraction of sp³-hybridized carbons (Fsp3) is 0.125. The Morgan fingerprint density at radius 2 is 1.94 bits per heavy atom. The van der Waals surface area contributed by atoms with E-state index >= 15 is 0 Å². The summed E-state index contributed by atoms with van der Waals surface area (Å²) in [6, 6.07) is 13.3. The van der Waals surface area contributed by atoms with Gasteiger partial charge in [-0.05, 0) is 48.4 Å². The van der Waals surface area contributed by atoms with Crippen LogP contribution in [0.25, 0.3) is 0 Å². The van der Waals surface area contributed by atoms with E-state index in [0.29, 0.717) is 39.4 Å². The molecule has 2 N–H and O–H groups in total. The molecule has 0 aliphatic carbocycles. The zero-order chi connectivity index (χ0) is 23.5. The molecule has 3 aromatic heterocycles. The number of halogens is 1. The van der Waals surface area contributed by atoms with Crippen molar-refractivity contribution >= 4 is 29.3 Å². The molecule has 0 bridgehead atoms. The minimum absolute atomic E-state index is 0.265. The Kier molecular flexibility index (Phi) is 6.05. The quantitative estimate of drug-likeness (QED) is 0.400. The standard InChI is InChI=1S/C24H20FN7OS/c1-15-20(22(33)29-18-6-4-10-27-13-18)21(16-8-11-26-12-9-16)32-23(28-15)30-24(31-32)34-14-17-5-2-3-7-19(17)25/h2-13,21H,14H2,1H3,(H,29,33)(H,28,30,31). The molecular weight excluding hydrogens is 453 g/mol. The molecule has 1 aliphatic heterocycles. The number of nitrogens with zero attached hydrogens (tertiary/aromatic N) is 5. The molecule has 1 aliphatic rings. The molecule has 5 rings (SSSR count). The van der Waals surface area contributed by atoms with Gasteiger partial charge in [0, 0.05) is 30.0 Å². The number of nitrogens with one attached hydrogen (secondary N) is 2. The first-order valence-corrected chi connectivity index (χ1v) is 11.5. The maximum atomic E-state index is 14.0. The average Bonchev–Trinajstić information content (AvgIpc) is 3.26. The molecule has 1 aromatic carbocycles. The van der Waals surface area contributed by atoms with Gasteiger partial charge in [-0.3, -0.25) is 14.8 Å². The number of anilines is 2. The number of pyridine rings is 2. The molecule has 0 fully saturated rings. The Morgan fingerprint density at radius 3 is 2.71 bits per heavy atom. The summed E-state index contributed by atoms with van der Waals surface area (Å²) in [6.45, 7) is 1.83. The van der Waals surface area contributed by atoms with Crippen LogP contribution in [-0.4, -0.2) is 30.6 Å². The predicted octanol–water partition coefficient (Wildman–Crippen LogP) is 4.43. The topological polar surface area (TPSA) is 97.6 Å². The van der Waals surface area contributed by atoms with Crippen molar-refractivity contribution in [3.63, 3.8) is 0 Å². The number of rotatable bonds is 6. The SMILES string of the molecule is CC1=C(C(=O)Nc2cccnc2)C(c2ccncc2)n2nc(SCc3ccccc3F)nc2N1. The fourth-order valence-electron chi connectivity index (χ4n) is 3.73. The van der Waals surface area contributed by atoms with E-state index < -0.39 is 6.04 Å². The lowest BCUT2D eigenvalue weighted by molar-refractivity contribution is -0.113. The van der Waals surface area contributed by atoms with Crippen molar-refractivity contribution in [1.29, 1.82) is 0 Å². The third-order valence-corrected chi connectivity index (χ3v) is 6.22. The summed E-state index contributed by atoms with van der Waals surface area (Å²) in [4.78, 5) is 26.1. The first-order chi connectivity index (χ1) is 16.6. The number of amides is 1. The molecule has 10 heteroatoms. The molecular formula is C24H20FN7OS. The van der Waals surface area contributed by atoms with Crippen LogP contribution in [0.15, 0.2) is 89.7 Å². The van der Waals surface area contributed by atoms with E-state index in [2.05, 4.69) is 30.7 Å². The van der Waals surface area contributed by atoms with Crippen LogP contribution in [0.2, 0.25) is 0 Å². The van der Waals surface area contributed by atoms with Gasteiger partial charge in [0.25, 0.3) is 5.91 Å². The van der Waals surface area contributed by atoms with Crippen molar-refractivity contribution in [2.45, 2.75) is 23.9 Å². The number of thioether (sulfide) groups is 1. The van der Waals surface area contributed by atoms with Gasteiger partial charge >= 0.3 is 0 Å². The summed E-state index contributed by atoms with van der Waals surface area (Å²) in [5, 5.41) is 11.2. The normalized spacial score (nSPS) is 14.9. The van der Waals surface area contributed by atoms with Crippen molar-refractivity contribution in [2.75, 3.05) is 10.6 Å². The lowest BCUT2D eigenvalue weighted by Gasteiger charge is -2.28. The van der Waals surface area contributed by atoms with Crippen LogP contribution in [-0.2, 0) is 10.5 Å². The average molecular weight is 474 g/mol. The number of carbonyl (C=O) groups is 1. The highest BCUT2D eigenvalue weighted by atomic mass is 32.2. The van der Waals surface area contributed by atoms with E-state index in [9.17, 15) is 9.18 Å². The first-order valence-electron chi connectivity index (χ1n) is 10.5. The third kappa shape index (κ3) is 4.40. The second kappa shape index (κ2) is 9.44. The van der Waals surface area contributed by atoms with Crippen LogP contribution in [0.5, 0.6) is 0 Å². The summed E-state index contributed by atoms with van der Waals surface area (Å²) < 4.78 is 15.7. The van der Waals surface area contributed by atoms with Crippen LogP contribution >= 0.6 is 11.8 Å². The van der Waals surface area contributed by atoms with Gasteiger partial charge in [0.05, 0.1) is 17.5 Å². The Balaban J connectivity index is 1.48. The maximum absolute atomic E-state index is 14.0. The maximum Gasteiger partial charge on any atom is 0.255 e. The summed E-state index contributed by atoms with van der Waals surface area (Å²) in [5.41, 5.74) is 3.16. The molecule has 34 heavy (non-hydrogen) atoms. The predicted molar refractivity (Wildman–Crippen MR) is 128 cm³/mol.